The molecule has 0 unspecified atom stereocenters. The van der Waals surface area contributed by atoms with Gasteiger partial charge in [-0.15, -0.1) is 0 Å². The fourth-order valence-corrected chi connectivity index (χ4v) is 3.29. The van der Waals surface area contributed by atoms with Gasteiger partial charge in [0.15, 0.2) is 0 Å². The predicted octanol–water partition coefficient (Wildman–Crippen LogP) is -0.319. The Balaban J connectivity index is 2.57. The number of ether oxygens (including phenoxy) is 1. The molecule has 0 aliphatic heterocycles. The van der Waals surface area contributed by atoms with Crippen molar-refractivity contribution in [3.63, 3.8) is 0 Å². The molecule has 0 saturated carbocycles. The standard InChI is InChI=1S/C11H22N4O3S/c1-9-11(10(2)15(3)14-9)19(16,17)13-6-4-7-18-8-5-12/h13H,4-8,12H2,1-3H3. The summed E-state index contributed by atoms with van der Waals surface area (Å²) in [6, 6.07) is 0. The highest BCUT2D eigenvalue weighted by atomic mass is 32.2. The summed E-state index contributed by atoms with van der Waals surface area (Å²) < 4.78 is 33.6. The highest BCUT2D eigenvalue weighted by molar-refractivity contribution is 7.89. The van der Waals surface area contributed by atoms with Crippen LogP contribution in [-0.2, 0) is 21.8 Å². The van der Waals surface area contributed by atoms with Crippen LogP contribution in [0.1, 0.15) is 17.8 Å². The molecule has 0 aromatic carbocycles. The third kappa shape index (κ3) is 4.27. The van der Waals surface area contributed by atoms with Gasteiger partial charge in [0.1, 0.15) is 4.90 Å². The molecule has 1 heterocycles. The van der Waals surface area contributed by atoms with Crippen LogP contribution in [0.2, 0.25) is 0 Å². The molecule has 0 atom stereocenters. The van der Waals surface area contributed by atoms with Crippen LogP contribution in [0.15, 0.2) is 4.90 Å². The van der Waals surface area contributed by atoms with Crippen LogP contribution in [0, 0.1) is 13.8 Å². The molecule has 7 nitrogen and oxygen atoms in total. The van der Waals surface area contributed by atoms with Gasteiger partial charge in [-0.3, -0.25) is 4.68 Å². The van der Waals surface area contributed by atoms with Crippen molar-refractivity contribution >= 4 is 10.0 Å². The minimum absolute atomic E-state index is 0.262. The number of hydrogen-bond donors (Lipinski definition) is 2. The van der Waals surface area contributed by atoms with Crippen molar-refractivity contribution in [1.29, 1.82) is 0 Å². The van der Waals surface area contributed by atoms with E-state index < -0.39 is 10.0 Å². The largest absolute Gasteiger partial charge is 0.380 e. The van der Waals surface area contributed by atoms with Crippen LogP contribution < -0.4 is 10.5 Å². The van der Waals surface area contributed by atoms with Crippen LogP contribution in [0.25, 0.3) is 0 Å². The number of nitrogens with two attached hydrogens (primary N) is 1. The Hall–Kier alpha value is -0.960. The molecular formula is C11H22N4O3S. The van der Waals surface area contributed by atoms with Crippen molar-refractivity contribution < 1.29 is 13.2 Å². The quantitative estimate of drug-likeness (QED) is 0.639. The summed E-state index contributed by atoms with van der Waals surface area (Å²) in [6.45, 7) is 5.21. The van der Waals surface area contributed by atoms with Gasteiger partial charge >= 0.3 is 0 Å². The molecule has 0 saturated heterocycles. The number of sulfonamides is 1. The van der Waals surface area contributed by atoms with Crippen molar-refractivity contribution in [2.24, 2.45) is 12.8 Å². The number of aromatic nitrogens is 2. The van der Waals surface area contributed by atoms with Gasteiger partial charge in [-0.1, -0.05) is 0 Å². The molecule has 0 bridgehead atoms. The van der Waals surface area contributed by atoms with Gasteiger partial charge in [-0.2, -0.15) is 5.10 Å². The van der Waals surface area contributed by atoms with E-state index >= 15 is 0 Å². The summed E-state index contributed by atoms with van der Waals surface area (Å²) in [5, 5.41) is 4.10. The van der Waals surface area contributed by atoms with E-state index in [9.17, 15) is 8.42 Å². The molecule has 1 aromatic heterocycles. The number of rotatable bonds is 8. The zero-order valence-corrected chi connectivity index (χ0v) is 12.5. The maximum Gasteiger partial charge on any atom is 0.244 e. The van der Waals surface area contributed by atoms with Gasteiger partial charge < -0.3 is 10.5 Å². The Kier molecular flexibility index (Phi) is 5.92. The Bertz CT molecular complexity index is 510. The van der Waals surface area contributed by atoms with Crippen molar-refractivity contribution in [3.05, 3.63) is 11.4 Å². The second-order valence-corrected chi connectivity index (χ2v) is 5.98. The molecule has 0 spiro atoms. The van der Waals surface area contributed by atoms with Gasteiger partial charge in [0, 0.05) is 26.7 Å². The molecule has 3 N–H and O–H groups in total. The van der Waals surface area contributed by atoms with Gasteiger partial charge in [-0.05, 0) is 20.3 Å². The third-order valence-corrected chi connectivity index (χ3v) is 4.44. The third-order valence-electron chi connectivity index (χ3n) is 2.73. The van der Waals surface area contributed by atoms with Gasteiger partial charge in [0.05, 0.1) is 18.0 Å². The number of nitrogens with zero attached hydrogens (tertiary/aromatic N) is 2. The highest BCUT2D eigenvalue weighted by Gasteiger charge is 2.22. The zero-order chi connectivity index (χ0) is 14.5. The average Bonchev–Trinajstić information content (AvgIpc) is 2.58. The Morgan fingerprint density at radius 2 is 2.05 bits per heavy atom. The second kappa shape index (κ2) is 6.99. The molecule has 8 heteroatoms. The van der Waals surface area contributed by atoms with E-state index in [1.54, 1.807) is 25.6 Å². The Morgan fingerprint density at radius 3 is 2.58 bits per heavy atom. The van der Waals surface area contributed by atoms with E-state index in [2.05, 4.69) is 9.82 Å². The first-order chi connectivity index (χ1) is 8.90. The lowest BCUT2D eigenvalue weighted by molar-refractivity contribution is 0.140. The lowest BCUT2D eigenvalue weighted by Gasteiger charge is -2.07. The molecule has 0 fully saturated rings. The minimum Gasteiger partial charge on any atom is -0.380 e. The fourth-order valence-electron chi connectivity index (χ4n) is 1.78. The molecular weight excluding hydrogens is 268 g/mol. The Labute approximate surface area is 114 Å². The zero-order valence-electron chi connectivity index (χ0n) is 11.6. The van der Waals surface area contributed by atoms with Crippen LogP contribution in [-0.4, -0.2) is 44.5 Å². The van der Waals surface area contributed by atoms with Crippen molar-refractivity contribution in [2.45, 2.75) is 25.2 Å². The number of hydrogen-bond acceptors (Lipinski definition) is 5. The number of aryl methyl sites for hydroxylation is 2. The molecule has 0 amide bonds. The summed E-state index contributed by atoms with van der Waals surface area (Å²) in [4.78, 5) is 0.262. The summed E-state index contributed by atoms with van der Waals surface area (Å²) in [5.41, 5.74) is 6.41. The topological polar surface area (TPSA) is 99.2 Å². The SMILES string of the molecule is Cc1nn(C)c(C)c1S(=O)(=O)NCCCOCCN. The van der Waals surface area contributed by atoms with E-state index in [1.165, 1.54) is 0 Å². The molecule has 0 aliphatic carbocycles. The summed E-state index contributed by atoms with van der Waals surface area (Å²) in [7, 11) is -1.78. The molecule has 110 valence electrons. The molecule has 19 heavy (non-hydrogen) atoms. The lowest BCUT2D eigenvalue weighted by atomic mass is 10.4. The maximum atomic E-state index is 12.2. The second-order valence-electron chi connectivity index (χ2n) is 4.28. The summed E-state index contributed by atoms with van der Waals surface area (Å²) in [6.07, 6.45) is 0.609. The summed E-state index contributed by atoms with van der Waals surface area (Å²) >= 11 is 0. The van der Waals surface area contributed by atoms with Crippen LogP contribution in [0.4, 0.5) is 0 Å². The maximum absolute atomic E-state index is 12.2. The normalized spacial score (nSPS) is 12.0. The summed E-state index contributed by atoms with van der Waals surface area (Å²) in [5.74, 6) is 0. The fraction of sp³-hybridized carbons (Fsp3) is 0.727. The molecule has 1 rings (SSSR count). The molecule has 0 aliphatic rings. The van der Waals surface area contributed by atoms with Crippen LogP contribution in [0.5, 0.6) is 0 Å². The predicted molar refractivity (Wildman–Crippen MR) is 72.4 cm³/mol. The van der Waals surface area contributed by atoms with Crippen molar-refractivity contribution in [3.8, 4) is 0 Å². The highest BCUT2D eigenvalue weighted by Crippen LogP contribution is 2.17. The molecule has 1 aromatic rings. The van der Waals surface area contributed by atoms with E-state index in [0.29, 0.717) is 44.1 Å². The van der Waals surface area contributed by atoms with Crippen molar-refractivity contribution in [2.75, 3.05) is 26.3 Å². The first-order valence-electron chi connectivity index (χ1n) is 6.18. The monoisotopic (exact) mass is 290 g/mol. The van der Waals surface area contributed by atoms with Crippen molar-refractivity contribution in [1.82, 2.24) is 14.5 Å². The first-order valence-corrected chi connectivity index (χ1v) is 7.66. The average molecular weight is 290 g/mol. The van der Waals surface area contributed by atoms with E-state index in [-0.39, 0.29) is 4.90 Å². The van der Waals surface area contributed by atoms with E-state index in [1.807, 2.05) is 0 Å². The Morgan fingerprint density at radius 1 is 1.37 bits per heavy atom. The minimum atomic E-state index is -3.51. The lowest BCUT2D eigenvalue weighted by Crippen LogP contribution is -2.26. The smallest absolute Gasteiger partial charge is 0.244 e. The first kappa shape index (κ1) is 16.1. The molecule has 0 radical (unpaired) electrons. The van der Waals surface area contributed by atoms with Gasteiger partial charge in [0.2, 0.25) is 10.0 Å². The van der Waals surface area contributed by atoms with E-state index in [4.69, 9.17) is 10.5 Å². The van der Waals surface area contributed by atoms with Crippen LogP contribution in [0.3, 0.4) is 0 Å². The van der Waals surface area contributed by atoms with Gasteiger partial charge in [-0.25, -0.2) is 13.1 Å². The van der Waals surface area contributed by atoms with Gasteiger partial charge in [0.25, 0.3) is 0 Å². The van der Waals surface area contributed by atoms with E-state index in [0.717, 1.165) is 0 Å². The number of nitrogens with one attached hydrogen (secondary N) is 1. The van der Waals surface area contributed by atoms with Crippen LogP contribution >= 0.6 is 0 Å².